The second kappa shape index (κ2) is 7.68. The molecule has 6 nitrogen and oxygen atoms in total. The summed E-state index contributed by atoms with van der Waals surface area (Å²) in [5.74, 6) is 0.277. The lowest BCUT2D eigenvalue weighted by Crippen LogP contribution is -2.48. The highest BCUT2D eigenvalue weighted by Gasteiger charge is 2.20. The van der Waals surface area contributed by atoms with Crippen molar-refractivity contribution in [2.75, 3.05) is 12.4 Å². The molecule has 1 aliphatic rings. The first-order valence-corrected chi connectivity index (χ1v) is 7.61. The van der Waals surface area contributed by atoms with Crippen LogP contribution >= 0.6 is 0 Å². The standard InChI is InChI=1S/C16H23N3O3/c1-11(17-13-9-5-6-10-14(13)22-2)15(20)19-16(21)18-12-7-3-4-8-12/h5-6,9-12,17H,3-4,7-8H2,1-2H3,(H2,18,19,20,21)/t11-/m0/s1. The van der Waals surface area contributed by atoms with Crippen LogP contribution in [0.5, 0.6) is 5.75 Å². The van der Waals surface area contributed by atoms with E-state index in [1.165, 1.54) is 0 Å². The number of nitrogens with one attached hydrogen (secondary N) is 3. The minimum absolute atomic E-state index is 0.185. The Morgan fingerprint density at radius 3 is 2.59 bits per heavy atom. The van der Waals surface area contributed by atoms with Gasteiger partial charge in [-0.05, 0) is 31.9 Å². The molecule has 1 fully saturated rings. The molecular weight excluding hydrogens is 282 g/mol. The Bertz CT molecular complexity index is 527. The predicted octanol–water partition coefficient (Wildman–Crippen LogP) is 2.26. The average molecular weight is 305 g/mol. The number of anilines is 1. The van der Waals surface area contributed by atoms with E-state index in [1.807, 2.05) is 18.2 Å². The number of carbonyl (C=O) groups is 2. The van der Waals surface area contributed by atoms with E-state index in [4.69, 9.17) is 4.74 Å². The van der Waals surface area contributed by atoms with Gasteiger partial charge >= 0.3 is 6.03 Å². The van der Waals surface area contributed by atoms with E-state index < -0.39 is 12.1 Å². The van der Waals surface area contributed by atoms with Crippen LogP contribution in [0.25, 0.3) is 0 Å². The average Bonchev–Trinajstić information content (AvgIpc) is 3.00. The minimum atomic E-state index is -0.550. The second-order valence-electron chi connectivity index (χ2n) is 5.51. The van der Waals surface area contributed by atoms with Crippen molar-refractivity contribution < 1.29 is 14.3 Å². The number of methoxy groups -OCH3 is 1. The summed E-state index contributed by atoms with van der Waals surface area (Å²) < 4.78 is 5.22. The van der Waals surface area contributed by atoms with E-state index in [0.717, 1.165) is 25.7 Å². The number of imide groups is 1. The van der Waals surface area contributed by atoms with Crippen molar-refractivity contribution in [1.29, 1.82) is 0 Å². The number of benzene rings is 1. The van der Waals surface area contributed by atoms with E-state index in [9.17, 15) is 9.59 Å². The molecule has 1 aliphatic carbocycles. The van der Waals surface area contributed by atoms with E-state index >= 15 is 0 Å². The summed E-state index contributed by atoms with van der Waals surface area (Å²) in [4.78, 5) is 23.8. The van der Waals surface area contributed by atoms with Crippen molar-refractivity contribution in [2.45, 2.75) is 44.7 Å². The lowest BCUT2D eigenvalue weighted by molar-refractivity contribution is -0.120. The molecule has 0 unspecified atom stereocenters. The summed E-state index contributed by atoms with van der Waals surface area (Å²) >= 11 is 0. The normalized spacial score (nSPS) is 15.9. The minimum Gasteiger partial charge on any atom is -0.495 e. The van der Waals surface area contributed by atoms with Crippen molar-refractivity contribution in [3.05, 3.63) is 24.3 Å². The smallest absolute Gasteiger partial charge is 0.321 e. The van der Waals surface area contributed by atoms with Gasteiger partial charge in [0.25, 0.3) is 0 Å². The van der Waals surface area contributed by atoms with E-state index in [1.54, 1.807) is 20.1 Å². The third-order valence-corrected chi connectivity index (χ3v) is 3.80. The van der Waals surface area contributed by atoms with E-state index in [-0.39, 0.29) is 11.9 Å². The quantitative estimate of drug-likeness (QED) is 0.779. The van der Waals surface area contributed by atoms with Gasteiger partial charge in [-0.2, -0.15) is 0 Å². The van der Waals surface area contributed by atoms with Gasteiger partial charge in [-0.15, -0.1) is 0 Å². The van der Waals surface area contributed by atoms with E-state index in [0.29, 0.717) is 11.4 Å². The molecule has 6 heteroatoms. The van der Waals surface area contributed by atoms with Gasteiger partial charge in [0.15, 0.2) is 0 Å². The van der Waals surface area contributed by atoms with Crippen LogP contribution in [0.1, 0.15) is 32.6 Å². The third-order valence-electron chi connectivity index (χ3n) is 3.80. The highest BCUT2D eigenvalue weighted by atomic mass is 16.5. The molecule has 0 spiro atoms. The number of ether oxygens (including phenoxy) is 1. The summed E-state index contributed by atoms with van der Waals surface area (Å²) in [7, 11) is 1.57. The largest absolute Gasteiger partial charge is 0.495 e. The summed E-state index contributed by atoms with van der Waals surface area (Å²) in [6.07, 6.45) is 4.22. The fourth-order valence-electron chi connectivity index (χ4n) is 2.57. The molecule has 0 heterocycles. The summed E-state index contributed by atoms with van der Waals surface area (Å²) in [6.45, 7) is 1.70. The fourth-order valence-corrected chi connectivity index (χ4v) is 2.57. The van der Waals surface area contributed by atoms with Crippen LogP contribution in [0.3, 0.4) is 0 Å². The van der Waals surface area contributed by atoms with Crippen molar-refractivity contribution >= 4 is 17.6 Å². The fraction of sp³-hybridized carbons (Fsp3) is 0.500. The Morgan fingerprint density at radius 2 is 1.91 bits per heavy atom. The van der Waals surface area contributed by atoms with Gasteiger partial charge in [-0.1, -0.05) is 25.0 Å². The van der Waals surface area contributed by atoms with Crippen LogP contribution < -0.4 is 20.7 Å². The van der Waals surface area contributed by atoms with Gasteiger partial charge in [0.05, 0.1) is 12.8 Å². The molecule has 2 rings (SSSR count). The molecule has 3 amide bonds. The molecule has 0 aliphatic heterocycles. The Labute approximate surface area is 130 Å². The van der Waals surface area contributed by atoms with Crippen molar-refractivity contribution in [3.63, 3.8) is 0 Å². The Morgan fingerprint density at radius 1 is 1.23 bits per heavy atom. The zero-order chi connectivity index (χ0) is 15.9. The summed E-state index contributed by atoms with van der Waals surface area (Å²) in [5.41, 5.74) is 0.712. The van der Waals surface area contributed by atoms with Crippen molar-refractivity contribution in [2.24, 2.45) is 0 Å². The number of hydrogen-bond acceptors (Lipinski definition) is 4. The van der Waals surface area contributed by atoms with Crippen LogP contribution in [0.15, 0.2) is 24.3 Å². The van der Waals surface area contributed by atoms with Gasteiger partial charge in [-0.25, -0.2) is 4.79 Å². The van der Waals surface area contributed by atoms with Gasteiger partial charge in [0.1, 0.15) is 11.8 Å². The van der Waals surface area contributed by atoms with Crippen LogP contribution in [0, 0.1) is 0 Å². The zero-order valence-corrected chi connectivity index (χ0v) is 13.0. The molecule has 1 aromatic rings. The van der Waals surface area contributed by atoms with Gasteiger partial charge in [-0.3, -0.25) is 10.1 Å². The number of urea groups is 1. The maximum absolute atomic E-state index is 12.1. The van der Waals surface area contributed by atoms with Crippen LogP contribution in [-0.2, 0) is 4.79 Å². The first kappa shape index (κ1) is 16.1. The number of amides is 3. The third kappa shape index (κ3) is 4.38. The maximum atomic E-state index is 12.1. The number of rotatable bonds is 5. The lowest BCUT2D eigenvalue weighted by Gasteiger charge is -2.18. The molecule has 3 N–H and O–H groups in total. The molecule has 1 atom stereocenters. The van der Waals surface area contributed by atoms with Crippen LogP contribution in [0.2, 0.25) is 0 Å². The van der Waals surface area contributed by atoms with Gasteiger partial charge < -0.3 is 15.4 Å². The first-order chi connectivity index (χ1) is 10.6. The maximum Gasteiger partial charge on any atom is 0.321 e. The number of hydrogen-bond donors (Lipinski definition) is 3. The number of para-hydroxylation sites is 2. The SMILES string of the molecule is COc1ccccc1N[C@@H](C)C(=O)NC(=O)NC1CCCC1. The molecule has 0 bridgehead atoms. The second-order valence-corrected chi connectivity index (χ2v) is 5.51. The molecule has 0 saturated heterocycles. The Kier molecular flexibility index (Phi) is 5.63. The highest BCUT2D eigenvalue weighted by molar-refractivity contribution is 5.98. The summed E-state index contributed by atoms with van der Waals surface area (Å²) in [5, 5.41) is 8.24. The topological polar surface area (TPSA) is 79.5 Å². The predicted molar refractivity (Wildman–Crippen MR) is 85.0 cm³/mol. The molecular formula is C16H23N3O3. The molecule has 1 aromatic carbocycles. The molecule has 0 aromatic heterocycles. The van der Waals surface area contributed by atoms with Crippen molar-refractivity contribution in [1.82, 2.24) is 10.6 Å². The first-order valence-electron chi connectivity index (χ1n) is 7.61. The highest BCUT2D eigenvalue weighted by Crippen LogP contribution is 2.23. The molecule has 1 saturated carbocycles. The summed E-state index contributed by atoms with van der Waals surface area (Å²) in [6, 6.07) is 6.54. The van der Waals surface area contributed by atoms with Crippen LogP contribution in [0.4, 0.5) is 10.5 Å². The molecule has 0 radical (unpaired) electrons. The van der Waals surface area contributed by atoms with Crippen molar-refractivity contribution in [3.8, 4) is 5.75 Å². The number of carbonyl (C=O) groups excluding carboxylic acids is 2. The Balaban J connectivity index is 1.84. The zero-order valence-electron chi connectivity index (χ0n) is 13.0. The van der Waals surface area contributed by atoms with Crippen LogP contribution in [-0.4, -0.2) is 31.1 Å². The lowest BCUT2D eigenvalue weighted by atomic mass is 10.2. The monoisotopic (exact) mass is 305 g/mol. The molecule has 120 valence electrons. The van der Waals surface area contributed by atoms with E-state index in [2.05, 4.69) is 16.0 Å². The Hall–Kier alpha value is -2.24. The van der Waals surface area contributed by atoms with Gasteiger partial charge in [0.2, 0.25) is 5.91 Å². The van der Waals surface area contributed by atoms with Gasteiger partial charge in [0, 0.05) is 6.04 Å². The molecule has 22 heavy (non-hydrogen) atoms.